The number of carbonyl (C=O) groups is 2. The molecule has 3 atom stereocenters. The highest BCUT2D eigenvalue weighted by molar-refractivity contribution is 6.01. The smallest absolute Gasteiger partial charge is 0.238 e. The molecule has 1 aromatic heterocycles. The number of fused-ring (bicyclic) bond motifs is 4. The van der Waals surface area contributed by atoms with E-state index in [2.05, 4.69) is 4.98 Å². The van der Waals surface area contributed by atoms with Crippen molar-refractivity contribution in [2.75, 3.05) is 6.54 Å². The number of hydrogen-bond donors (Lipinski definition) is 1. The first-order valence-corrected chi connectivity index (χ1v) is 8.77. The molecule has 2 amide bonds. The molecule has 1 saturated heterocycles. The molecule has 1 aromatic carbocycles. The summed E-state index contributed by atoms with van der Waals surface area (Å²) in [5.74, 6) is -1.20. The molecule has 2 aliphatic heterocycles. The summed E-state index contributed by atoms with van der Waals surface area (Å²) in [7, 11) is 0. The summed E-state index contributed by atoms with van der Waals surface area (Å²) < 4.78 is 6.23. The Kier molecular flexibility index (Phi) is 3.90. The molecule has 0 aliphatic carbocycles. The first kappa shape index (κ1) is 16.6. The van der Waals surface area contributed by atoms with Gasteiger partial charge in [-0.05, 0) is 42.7 Å². The van der Waals surface area contributed by atoms with E-state index in [1.54, 1.807) is 17.3 Å². The third-order valence-electron chi connectivity index (χ3n) is 5.43. The molecule has 6 heteroatoms. The first-order chi connectivity index (χ1) is 12.5. The Morgan fingerprint density at radius 3 is 2.77 bits per heavy atom. The highest BCUT2D eigenvalue weighted by Crippen LogP contribution is 2.49. The Labute approximate surface area is 152 Å². The van der Waals surface area contributed by atoms with Gasteiger partial charge in [-0.1, -0.05) is 18.2 Å². The van der Waals surface area contributed by atoms with Crippen LogP contribution in [0.3, 0.4) is 0 Å². The van der Waals surface area contributed by atoms with Crippen molar-refractivity contribution >= 4 is 11.8 Å². The van der Waals surface area contributed by atoms with E-state index in [1.165, 1.54) is 0 Å². The second-order valence-corrected chi connectivity index (χ2v) is 7.10. The standard InChI is InChI=1S/C20H21N3O3/c1-20-12-15(14-4-2-3-5-16(14)26-20)17(18(21)24)19(25)23(20)11-8-13-6-9-22-10-7-13/h2-7,9-10,15,17H,8,11-12H2,1H3,(H2,21,24)/t15-,17+,20-/m0/s1. The van der Waals surface area contributed by atoms with Crippen LogP contribution in [-0.2, 0) is 16.0 Å². The molecule has 2 aromatic rings. The third-order valence-corrected chi connectivity index (χ3v) is 5.43. The molecule has 0 spiro atoms. The van der Waals surface area contributed by atoms with Gasteiger partial charge in [0.2, 0.25) is 11.8 Å². The van der Waals surface area contributed by atoms with Gasteiger partial charge in [0.05, 0.1) is 0 Å². The van der Waals surface area contributed by atoms with Gasteiger partial charge in [0, 0.05) is 31.3 Å². The van der Waals surface area contributed by atoms with Gasteiger partial charge in [0.25, 0.3) is 0 Å². The molecule has 2 N–H and O–H groups in total. The van der Waals surface area contributed by atoms with Crippen molar-refractivity contribution in [2.45, 2.75) is 31.4 Å². The van der Waals surface area contributed by atoms with Gasteiger partial charge in [-0.2, -0.15) is 0 Å². The molecule has 2 bridgehead atoms. The molecule has 134 valence electrons. The van der Waals surface area contributed by atoms with Crippen molar-refractivity contribution in [1.29, 1.82) is 0 Å². The highest BCUT2D eigenvalue weighted by atomic mass is 16.5. The average molecular weight is 351 g/mol. The maximum absolute atomic E-state index is 13.1. The van der Waals surface area contributed by atoms with Crippen LogP contribution in [0, 0.1) is 5.92 Å². The van der Waals surface area contributed by atoms with Crippen molar-refractivity contribution in [2.24, 2.45) is 11.7 Å². The number of nitrogens with zero attached hydrogens (tertiary/aromatic N) is 2. The number of carbonyl (C=O) groups excluding carboxylic acids is 2. The number of pyridine rings is 1. The van der Waals surface area contributed by atoms with Crippen LogP contribution in [0.25, 0.3) is 0 Å². The summed E-state index contributed by atoms with van der Waals surface area (Å²) in [4.78, 5) is 31.0. The normalized spacial score (nSPS) is 26.8. The number of ether oxygens (including phenoxy) is 1. The van der Waals surface area contributed by atoms with Crippen LogP contribution in [0.5, 0.6) is 5.75 Å². The zero-order chi connectivity index (χ0) is 18.3. The number of para-hydroxylation sites is 1. The van der Waals surface area contributed by atoms with Crippen molar-refractivity contribution in [1.82, 2.24) is 9.88 Å². The van der Waals surface area contributed by atoms with Gasteiger partial charge in [-0.15, -0.1) is 0 Å². The van der Waals surface area contributed by atoms with E-state index in [-0.39, 0.29) is 11.8 Å². The van der Waals surface area contributed by atoms with Crippen LogP contribution in [0.15, 0.2) is 48.8 Å². The van der Waals surface area contributed by atoms with Crippen molar-refractivity contribution < 1.29 is 14.3 Å². The predicted molar refractivity (Wildman–Crippen MR) is 95.2 cm³/mol. The Morgan fingerprint density at radius 1 is 1.31 bits per heavy atom. The van der Waals surface area contributed by atoms with Crippen LogP contribution in [0.4, 0.5) is 0 Å². The number of rotatable bonds is 4. The first-order valence-electron chi connectivity index (χ1n) is 8.77. The van der Waals surface area contributed by atoms with Crippen LogP contribution >= 0.6 is 0 Å². The predicted octanol–water partition coefficient (Wildman–Crippen LogP) is 1.85. The molecular weight excluding hydrogens is 330 g/mol. The lowest BCUT2D eigenvalue weighted by Crippen LogP contribution is -2.64. The Balaban J connectivity index is 1.69. The molecule has 0 unspecified atom stereocenters. The summed E-state index contributed by atoms with van der Waals surface area (Å²) in [5, 5.41) is 0. The van der Waals surface area contributed by atoms with Gasteiger partial charge in [-0.25, -0.2) is 0 Å². The fourth-order valence-corrected chi connectivity index (χ4v) is 4.17. The van der Waals surface area contributed by atoms with Crippen LogP contribution in [0.2, 0.25) is 0 Å². The number of aromatic nitrogens is 1. The van der Waals surface area contributed by atoms with Crippen molar-refractivity contribution in [3.05, 3.63) is 59.9 Å². The molecular formula is C20H21N3O3. The minimum atomic E-state index is -0.856. The molecule has 26 heavy (non-hydrogen) atoms. The van der Waals surface area contributed by atoms with Crippen LogP contribution in [-0.4, -0.2) is 34.0 Å². The summed E-state index contributed by atoms with van der Waals surface area (Å²) in [6, 6.07) is 11.4. The van der Waals surface area contributed by atoms with Gasteiger partial charge >= 0.3 is 0 Å². The molecule has 1 fully saturated rings. The van der Waals surface area contributed by atoms with E-state index in [1.807, 2.05) is 43.3 Å². The third kappa shape index (κ3) is 2.62. The molecule has 6 nitrogen and oxygen atoms in total. The van der Waals surface area contributed by atoms with E-state index in [4.69, 9.17) is 10.5 Å². The summed E-state index contributed by atoms with van der Waals surface area (Å²) in [6.45, 7) is 2.37. The van der Waals surface area contributed by atoms with Gasteiger partial charge in [-0.3, -0.25) is 14.6 Å². The van der Waals surface area contributed by atoms with Crippen molar-refractivity contribution in [3.63, 3.8) is 0 Å². The minimum absolute atomic E-state index is 0.243. The zero-order valence-electron chi connectivity index (χ0n) is 14.6. The van der Waals surface area contributed by atoms with Crippen LogP contribution < -0.4 is 10.5 Å². The lowest BCUT2D eigenvalue weighted by molar-refractivity contribution is -0.175. The monoisotopic (exact) mass is 351 g/mol. The Bertz CT molecular complexity index is 854. The van der Waals surface area contributed by atoms with Crippen molar-refractivity contribution in [3.8, 4) is 5.75 Å². The quantitative estimate of drug-likeness (QED) is 0.852. The topological polar surface area (TPSA) is 85.5 Å². The Morgan fingerprint density at radius 2 is 2.04 bits per heavy atom. The number of nitrogens with two attached hydrogens (primary N) is 1. The number of benzene rings is 1. The van der Waals surface area contributed by atoms with E-state index in [0.29, 0.717) is 19.4 Å². The fraction of sp³-hybridized carbons (Fsp3) is 0.350. The summed E-state index contributed by atoms with van der Waals surface area (Å²) in [5.41, 5.74) is 6.80. The van der Waals surface area contributed by atoms with Gasteiger partial charge < -0.3 is 15.4 Å². The van der Waals surface area contributed by atoms with Gasteiger partial charge in [0.15, 0.2) is 5.72 Å². The second kappa shape index (κ2) is 6.12. The van der Waals surface area contributed by atoms with E-state index < -0.39 is 17.6 Å². The number of primary amides is 1. The SMILES string of the molecule is C[C@@]12C[C@@H](c3ccccc3O1)[C@H](C(N)=O)C(=O)N2CCc1ccncc1. The molecule has 0 saturated carbocycles. The molecule has 0 radical (unpaired) electrons. The largest absolute Gasteiger partial charge is 0.468 e. The number of likely N-dealkylation sites (tertiary alicyclic amines) is 1. The second-order valence-electron chi connectivity index (χ2n) is 7.10. The zero-order valence-corrected chi connectivity index (χ0v) is 14.6. The fourth-order valence-electron chi connectivity index (χ4n) is 4.17. The molecule has 2 aliphatic rings. The van der Waals surface area contributed by atoms with E-state index in [0.717, 1.165) is 16.9 Å². The molecule has 4 rings (SSSR count). The van der Waals surface area contributed by atoms with E-state index >= 15 is 0 Å². The maximum atomic E-state index is 13.1. The summed E-state index contributed by atoms with van der Waals surface area (Å²) >= 11 is 0. The maximum Gasteiger partial charge on any atom is 0.238 e. The Hall–Kier alpha value is -2.89. The highest BCUT2D eigenvalue weighted by Gasteiger charge is 2.55. The van der Waals surface area contributed by atoms with Gasteiger partial charge in [0.1, 0.15) is 11.7 Å². The minimum Gasteiger partial charge on any atom is -0.468 e. The molecule has 3 heterocycles. The number of piperidine rings is 1. The van der Waals surface area contributed by atoms with Crippen LogP contribution in [0.1, 0.15) is 30.4 Å². The lowest BCUT2D eigenvalue weighted by Gasteiger charge is -2.52. The summed E-state index contributed by atoms with van der Waals surface area (Å²) in [6.07, 6.45) is 4.67. The number of amides is 2. The number of hydrogen-bond acceptors (Lipinski definition) is 4. The lowest BCUT2D eigenvalue weighted by atomic mass is 9.73. The van der Waals surface area contributed by atoms with E-state index in [9.17, 15) is 9.59 Å². The average Bonchev–Trinajstić information content (AvgIpc) is 2.61.